The zero-order valence-corrected chi connectivity index (χ0v) is 11.2. The van der Waals surface area contributed by atoms with Gasteiger partial charge in [-0.15, -0.1) is 0 Å². The highest BCUT2D eigenvalue weighted by atomic mass is 16.6. The van der Waals surface area contributed by atoms with Gasteiger partial charge in [0.15, 0.2) is 16.8 Å². The highest BCUT2D eigenvalue weighted by Crippen LogP contribution is 2.32. The summed E-state index contributed by atoms with van der Waals surface area (Å²) in [6.07, 6.45) is 0. The van der Waals surface area contributed by atoms with Gasteiger partial charge in [0.05, 0.1) is 5.69 Å². The van der Waals surface area contributed by atoms with E-state index in [4.69, 9.17) is 15.1 Å². The van der Waals surface area contributed by atoms with Crippen LogP contribution in [0.25, 0.3) is 11.0 Å². The molecule has 6 nitrogen and oxygen atoms in total. The van der Waals surface area contributed by atoms with Gasteiger partial charge in [-0.3, -0.25) is 0 Å². The van der Waals surface area contributed by atoms with Crippen molar-refractivity contribution < 1.29 is 9.37 Å². The average Bonchev–Trinajstić information content (AvgIpc) is 2.93. The van der Waals surface area contributed by atoms with Crippen LogP contribution in [-0.2, 0) is 0 Å². The molecule has 0 aliphatic carbocycles. The van der Waals surface area contributed by atoms with Gasteiger partial charge in [0, 0.05) is 25.8 Å². The van der Waals surface area contributed by atoms with Gasteiger partial charge in [0.25, 0.3) is 0 Å². The minimum absolute atomic E-state index is 0.506. The minimum Gasteiger partial charge on any atom is -0.455 e. The quantitative estimate of drug-likeness (QED) is 0.737. The summed E-state index contributed by atoms with van der Waals surface area (Å²) >= 11 is 0. The van der Waals surface area contributed by atoms with Crippen molar-refractivity contribution in [2.45, 2.75) is 0 Å². The van der Waals surface area contributed by atoms with Crippen molar-refractivity contribution in [2.75, 3.05) is 24.7 Å². The number of nitrogens with two attached hydrogens (primary N) is 1. The molecule has 0 atom stereocenters. The first-order valence-corrected chi connectivity index (χ1v) is 6.11. The fourth-order valence-corrected chi connectivity index (χ4v) is 1.90. The normalized spacial score (nSPS) is 10.7. The van der Waals surface area contributed by atoms with Crippen LogP contribution >= 0.6 is 0 Å². The molecule has 0 saturated carbocycles. The smallest absolute Gasteiger partial charge is 0.179 e. The summed E-state index contributed by atoms with van der Waals surface area (Å²) in [7, 11) is 3.95. The molecular weight excluding hydrogens is 256 g/mol. The zero-order chi connectivity index (χ0) is 14.1. The van der Waals surface area contributed by atoms with Crippen molar-refractivity contribution in [1.82, 2.24) is 10.3 Å². The molecule has 0 saturated heterocycles. The Kier molecular flexibility index (Phi) is 2.90. The maximum atomic E-state index is 5.85. The van der Waals surface area contributed by atoms with Crippen LogP contribution in [0.5, 0.6) is 11.5 Å². The van der Waals surface area contributed by atoms with E-state index in [0.29, 0.717) is 28.2 Å². The van der Waals surface area contributed by atoms with Crippen molar-refractivity contribution in [3.8, 4) is 11.5 Å². The molecule has 1 aromatic heterocycles. The molecule has 6 heteroatoms. The highest BCUT2D eigenvalue weighted by molar-refractivity contribution is 5.90. The molecule has 0 amide bonds. The third kappa shape index (κ3) is 2.11. The Morgan fingerprint density at radius 1 is 1.10 bits per heavy atom. The lowest BCUT2D eigenvalue weighted by molar-refractivity contribution is 0.314. The van der Waals surface area contributed by atoms with Crippen molar-refractivity contribution in [2.24, 2.45) is 0 Å². The Morgan fingerprint density at radius 2 is 1.90 bits per heavy atom. The lowest BCUT2D eigenvalue weighted by Crippen LogP contribution is -2.08. The summed E-state index contributed by atoms with van der Waals surface area (Å²) in [5.74, 6) is 1.27. The molecule has 0 fully saturated rings. The summed E-state index contributed by atoms with van der Waals surface area (Å²) in [6, 6.07) is 11.2. The third-order valence-corrected chi connectivity index (χ3v) is 2.97. The van der Waals surface area contributed by atoms with Crippen LogP contribution in [0.3, 0.4) is 0 Å². The van der Waals surface area contributed by atoms with Gasteiger partial charge < -0.3 is 15.4 Å². The second-order valence-corrected chi connectivity index (χ2v) is 4.61. The van der Waals surface area contributed by atoms with Gasteiger partial charge in [-0.05, 0) is 34.6 Å². The lowest BCUT2D eigenvalue weighted by Gasteiger charge is -2.14. The van der Waals surface area contributed by atoms with Crippen LogP contribution in [-0.4, -0.2) is 24.4 Å². The van der Waals surface area contributed by atoms with Crippen LogP contribution in [0.1, 0.15) is 0 Å². The number of aromatic nitrogens is 2. The van der Waals surface area contributed by atoms with E-state index in [1.807, 2.05) is 43.3 Å². The number of anilines is 2. The van der Waals surface area contributed by atoms with Gasteiger partial charge in [-0.1, -0.05) is 6.07 Å². The number of rotatable bonds is 3. The van der Waals surface area contributed by atoms with Crippen molar-refractivity contribution in [3.63, 3.8) is 0 Å². The average molecular weight is 270 g/mol. The van der Waals surface area contributed by atoms with Crippen LogP contribution in [0.2, 0.25) is 0 Å². The largest absolute Gasteiger partial charge is 0.455 e. The summed E-state index contributed by atoms with van der Waals surface area (Å²) in [4.78, 5) is 2.00. The topological polar surface area (TPSA) is 77.4 Å². The van der Waals surface area contributed by atoms with E-state index in [1.165, 1.54) is 0 Å². The van der Waals surface area contributed by atoms with Crippen LogP contribution in [0.15, 0.2) is 41.0 Å². The van der Waals surface area contributed by atoms with Gasteiger partial charge in [-0.2, -0.15) is 0 Å². The molecule has 0 aliphatic heterocycles. The first-order chi connectivity index (χ1) is 9.65. The van der Waals surface area contributed by atoms with Crippen molar-refractivity contribution in [1.29, 1.82) is 0 Å². The number of nitrogens with zero attached hydrogens (tertiary/aromatic N) is 3. The number of benzene rings is 2. The Labute approximate surface area is 115 Å². The SMILES string of the molecule is CN(C)c1cccc(Oc2ccc(N)c3nonc23)c1. The molecular formula is C14H14N4O2. The van der Waals surface area contributed by atoms with Crippen molar-refractivity contribution >= 4 is 22.4 Å². The maximum absolute atomic E-state index is 5.85. The number of nitrogen functional groups attached to an aromatic ring is 1. The van der Waals surface area contributed by atoms with E-state index in [1.54, 1.807) is 12.1 Å². The summed E-state index contributed by atoms with van der Waals surface area (Å²) in [5.41, 5.74) is 8.38. The molecule has 20 heavy (non-hydrogen) atoms. The minimum atomic E-state index is 0.506. The second kappa shape index (κ2) is 4.73. The van der Waals surface area contributed by atoms with Crippen LogP contribution in [0.4, 0.5) is 11.4 Å². The molecule has 0 aliphatic rings. The monoisotopic (exact) mass is 270 g/mol. The fourth-order valence-electron chi connectivity index (χ4n) is 1.90. The molecule has 0 bridgehead atoms. The summed E-state index contributed by atoms with van der Waals surface area (Å²) in [5, 5.41) is 7.60. The predicted molar refractivity (Wildman–Crippen MR) is 77.1 cm³/mol. The highest BCUT2D eigenvalue weighted by Gasteiger charge is 2.12. The van der Waals surface area contributed by atoms with Crippen LogP contribution in [0, 0.1) is 0 Å². The second-order valence-electron chi connectivity index (χ2n) is 4.61. The first-order valence-electron chi connectivity index (χ1n) is 6.11. The van der Waals surface area contributed by atoms with Gasteiger partial charge in [0.1, 0.15) is 5.75 Å². The van der Waals surface area contributed by atoms with E-state index >= 15 is 0 Å². The van der Waals surface area contributed by atoms with E-state index in [0.717, 1.165) is 5.69 Å². The van der Waals surface area contributed by atoms with E-state index in [-0.39, 0.29) is 0 Å². The van der Waals surface area contributed by atoms with Gasteiger partial charge >= 0.3 is 0 Å². The number of ether oxygens (including phenoxy) is 1. The lowest BCUT2D eigenvalue weighted by atomic mass is 10.2. The van der Waals surface area contributed by atoms with Crippen molar-refractivity contribution in [3.05, 3.63) is 36.4 Å². The predicted octanol–water partition coefficient (Wildman–Crippen LogP) is 2.66. The Bertz CT molecular complexity index is 752. The summed E-state index contributed by atoms with van der Waals surface area (Å²) in [6.45, 7) is 0. The number of hydrogen-bond donors (Lipinski definition) is 1. The number of fused-ring (bicyclic) bond motifs is 1. The van der Waals surface area contributed by atoms with E-state index < -0.39 is 0 Å². The molecule has 2 N–H and O–H groups in total. The zero-order valence-electron chi connectivity index (χ0n) is 11.2. The molecule has 102 valence electrons. The summed E-state index contributed by atoms with van der Waals surface area (Å²) < 4.78 is 10.6. The molecule has 2 aromatic carbocycles. The molecule has 0 radical (unpaired) electrons. The Balaban J connectivity index is 1.99. The molecule has 0 spiro atoms. The molecule has 1 heterocycles. The molecule has 3 aromatic rings. The van der Waals surface area contributed by atoms with Gasteiger partial charge in [-0.25, -0.2) is 4.63 Å². The Hall–Kier alpha value is -2.76. The van der Waals surface area contributed by atoms with E-state index in [9.17, 15) is 0 Å². The maximum Gasteiger partial charge on any atom is 0.179 e. The van der Waals surface area contributed by atoms with Crippen LogP contribution < -0.4 is 15.4 Å². The molecule has 0 unspecified atom stereocenters. The number of hydrogen-bond acceptors (Lipinski definition) is 6. The first kappa shape index (κ1) is 12.3. The standard InChI is InChI=1S/C14H14N4O2/c1-18(2)9-4-3-5-10(8-9)19-12-7-6-11(15)13-14(12)17-20-16-13/h3-8H,15H2,1-2H3. The Morgan fingerprint density at radius 3 is 2.70 bits per heavy atom. The van der Waals surface area contributed by atoms with E-state index in [2.05, 4.69) is 10.3 Å². The fraction of sp³-hybridized carbons (Fsp3) is 0.143. The molecule has 3 rings (SSSR count). The van der Waals surface area contributed by atoms with Gasteiger partial charge in [0.2, 0.25) is 0 Å². The third-order valence-electron chi connectivity index (χ3n) is 2.97.